The van der Waals surface area contributed by atoms with Crippen molar-refractivity contribution in [2.45, 2.75) is 6.92 Å². The van der Waals surface area contributed by atoms with Crippen LogP contribution < -0.4 is 14.4 Å². The van der Waals surface area contributed by atoms with Gasteiger partial charge >= 0.3 is 0 Å². The van der Waals surface area contributed by atoms with Crippen molar-refractivity contribution in [3.63, 3.8) is 0 Å². The molecule has 5 heteroatoms. The molecule has 0 N–H and O–H groups in total. The smallest absolute Gasteiger partial charge is 0.231 e. The second-order valence-corrected chi connectivity index (χ2v) is 3.59. The fraction of sp³-hybridized carbons (Fsp3) is 0.231. The van der Waals surface area contributed by atoms with Crippen LogP contribution in [0.5, 0.6) is 11.5 Å². The molecular weight excluding hydrogens is 230 g/mol. The molecule has 0 saturated heterocycles. The summed E-state index contributed by atoms with van der Waals surface area (Å²) in [5.41, 5.74) is 0.916. The Morgan fingerprint density at radius 3 is 2.72 bits per heavy atom. The van der Waals surface area contributed by atoms with E-state index < -0.39 is 0 Å². The van der Waals surface area contributed by atoms with Crippen LogP contribution in [-0.4, -0.2) is 13.3 Å². The van der Waals surface area contributed by atoms with Crippen LogP contribution in [0.2, 0.25) is 0 Å². The number of ether oxygens (including phenoxy) is 2. The molecule has 90 valence electrons. The number of hydrogen-bond acceptors (Lipinski definition) is 5. The van der Waals surface area contributed by atoms with E-state index in [2.05, 4.69) is 0 Å². The zero-order valence-corrected chi connectivity index (χ0v) is 9.88. The van der Waals surface area contributed by atoms with Crippen LogP contribution in [0.4, 0.5) is 5.69 Å². The van der Waals surface area contributed by atoms with Gasteiger partial charge in [0.1, 0.15) is 17.7 Å². The molecule has 0 unspecified atom stereocenters. The summed E-state index contributed by atoms with van der Waals surface area (Å²) >= 11 is 0. The SMILES string of the molecule is CCN(C=C(C#N)C#N)c1ccc2c(c1)OCO2. The van der Waals surface area contributed by atoms with Crippen LogP contribution in [-0.2, 0) is 0 Å². The molecule has 0 radical (unpaired) electrons. The van der Waals surface area contributed by atoms with E-state index >= 15 is 0 Å². The van der Waals surface area contributed by atoms with Gasteiger partial charge in [0.2, 0.25) is 6.79 Å². The molecule has 1 aliphatic rings. The Bertz CT molecular complexity index is 551. The van der Waals surface area contributed by atoms with Gasteiger partial charge in [-0.15, -0.1) is 0 Å². The van der Waals surface area contributed by atoms with E-state index in [0.29, 0.717) is 18.0 Å². The van der Waals surface area contributed by atoms with Gasteiger partial charge in [0.05, 0.1) is 0 Å². The molecule has 0 bridgehead atoms. The van der Waals surface area contributed by atoms with Gasteiger partial charge in [0, 0.05) is 24.5 Å². The minimum atomic E-state index is 0.0644. The quantitative estimate of drug-likeness (QED) is 0.758. The number of hydrogen-bond donors (Lipinski definition) is 0. The topological polar surface area (TPSA) is 69.3 Å². The van der Waals surface area contributed by atoms with Gasteiger partial charge in [-0.05, 0) is 19.1 Å². The van der Waals surface area contributed by atoms with E-state index in [9.17, 15) is 0 Å². The Hall–Kier alpha value is -2.66. The molecule has 2 rings (SSSR count). The van der Waals surface area contributed by atoms with E-state index in [1.165, 1.54) is 6.20 Å². The highest BCUT2D eigenvalue weighted by atomic mass is 16.7. The van der Waals surface area contributed by atoms with Crippen molar-refractivity contribution in [2.75, 3.05) is 18.2 Å². The third kappa shape index (κ3) is 2.21. The average Bonchev–Trinajstić information content (AvgIpc) is 2.87. The maximum Gasteiger partial charge on any atom is 0.231 e. The molecule has 1 aromatic carbocycles. The van der Waals surface area contributed by atoms with Gasteiger partial charge in [-0.3, -0.25) is 0 Å². The minimum Gasteiger partial charge on any atom is -0.454 e. The Labute approximate surface area is 105 Å². The first-order chi connectivity index (χ1) is 8.78. The van der Waals surface area contributed by atoms with E-state index in [1.54, 1.807) is 0 Å². The van der Waals surface area contributed by atoms with Crippen LogP contribution in [0.15, 0.2) is 30.0 Å². The standard InChI is InChI=1S/C13H11N3O2/c1-2-16(8-10(6-14)7-15)11-3-4-12-13(5-11)18-9-17-12/h3-5,8H,2,9H2,1H3. The Kier molecular flexibility index (Phi) is 3.36. The Morgan fingerprint density at radius 2 is 2.06 bits per heavy atom. The second kappa shape index (κ2) is 5.11. The molecule has 0 aromatic heterocycles. The first kappa shape index (κ1) is 11.8. The van der Waals surface area contributed by atoms with Crippen molar-refractivity contribution in [2.24, 2.45) is 0 Å². The first-order valence-electron chi connectivity index (χ1n) is 5.46. The summed E-state index contributed by atoms with van der Waals surface area (Å²) in [6, 6.07) is 9.18. The molecule has 1 aliphatic heterocycles. The van der Waals surface area contributed by atoms with E-state index in [-0.39, 0.29) is 12.4 Å². The Balaban J connectivity index is 2.32. The lowest BCUT2D eigenvalue weighted by molar-refractivity contribution is 0.174. The maximum atomic E-state index is 8.76. The van der Waals surface area contributed by atoms with E-state index in [4.69, 9.17) is 20.0 Å². The first-order valence-corrected chi connectivity index (χ1v) is 5.46. The van der Waals surface area contributed by atoms with E-state index in [0.717, 1.165) is 5.69 Å². The lowest BCUT2D eigenvalue weighted by atomic mass is 10.2. The maximum absolute atomic E-state index is 8.76. The highest BCUT2D eigenvalue weighted by Gasteiger charge is 2.15. The van der Waals surface area contributed by atoms with E-state index in [1.807, 2.05) is 42.2 Å². The molecule has 0 amide bonds. The molecule has 0 spiro atoms. The van der Waals surface area contributed by atoms with Crippen LogP contribution in [0.3, 0.4) is 0 Å². The predicted octanol–water partition coefficient (Wildman–Crippen LogP) is 2.17. The van der Waals surface area contributed by atoms with Gasteiger partial charge in [0.25, 0.3) is 0 Å². The normalized spacial score (nSPS) is 11.3. The van der Waals surface area contributed by atoms with Crippen LogP contribution in [0.25, 0.3) is 0 Å². The summed E-state index contributed by atoms with van der Waals surface area (Å²) in [7, 11) is 0. The number of rotatable bonds is 3. The molecule has 1 heterocycles. The fourth-order valence-corrected chi connectivity index (χ4v) is 1.65. The van der Waals surface area contributed by atoms with Crippen LogP contribution in [0.1, 0.15) is 6.92 Å². The molecule has 0 atom stereocenters. The van der Waals surface area contributed by atoms with Gasteiger partial charge < -0.3 is 14.4 Å². The zero-order chi connectivity index (χ0) is 13.0. The number of nitrogens with zero attached hydrogens (tertiary/aromatic N) is 3. The molecule has 0 saturated carbocycles. The molecular formula is C13H11N3O2. The molecule has 18 heavy (non-hydrogen) atoms. The highest BCUT2D eigenvalue weighted by molar-refractivity contribution is 5.59. The number of nitriles is 2. The summed E-state index contributed by atoms with van der Waals surface area (Å²) in [5, 5.41) is 17.5. The second-order valence-electron chi connectivity index (χ2n) is 3.59. The fourth-order valence-electron chi connectivity index (χ4n) is 1.65. The summed E-state index contributed by atoms with van der Waals surface area (Å²) in [6.45, 7) is 2.81. The Morgan fingerprint density at radius 1 is 1.33 bits per heavy atom. The number of allylic oxidation sites excluding steroid dienone is 1. The monoisotopic (exact) mass is 241 g/mol. The van der Waals surface area contributed by atoms with Crippen molar-refractivity contribution >= 4 is 5.69 Å². The molecule has 0 aliphatic carbocycles. The van der Waals surface area contributed by atoms with Crippen LogP contribution in [0, 0.1) is 22.7 Å². The van der Waals surface area contributed by atoms with Crippen molar-refractivity contribution < 1.29 is 9.47 Å². The number of benzene rings is 1. The predicted molar refractivity (Wildman–Crippen MR) is 64.9 cm³/mol. The van der Waals surface area contributed by atoms with Crippen molar-refractivity contribution in [3.8, 4) is 23.6 Å². The largest absolute Gasteiger partial charge is 0.454 e. The summed E-state index contributed by atoms with van der Waals surface area (Å²) in [4.78, 5) is 1.81. The summed E-state index contributed by atoms with van der Waals surface area (Å²) < 4.78 is 10.5. The molecule has 1 aromatic rings. The third-order valence-electron chi connectivity index (χ3n) is 2.55. The van der Waals surface area contributed by atoms with Gasteiger partial charge in [0.15, 0.2) is 11.5 Å². The molecule has 0 fully saturated rings. The molecule has 5 nitrogen and oxygen atoms in total. The lowest BCUT2D eigenvalue weighted by Gasteiger charge is -2.18. The van der Waals surface area contributed by atoms with Crippen molar-refractivity contribution in [1.82, 2.24) is 0 Å². The number of anilines is 1. The minimum absolute atomic E-state index is 0.0644. The zero-order valence-electron chi connectivity index (χ0n) is 9.88. The van der Waals surface area contributed by atoms with Crippen molar-refractivity contribution in [1.29, 1.82) is 10.5 Å². The van der Waals surface area contributed by atoms with Gasteiger partial charge in [-0.2, -0.15) is 10.5 Å². The van der Waals surface area contributed by atoms with Gasteiger partial charge in [-0.1, -0.05) is 0 Å². The average molecular weight is 241 g/mol. The number of fused-ring (bicyclic) bond motifs is 1. The summed E-state index contributed by atoms with van der Waals surface area (Å²) in [6.07, 6.45) is 1.53. The lowest BCUT2D eigenvalue weighted by Crippen LogP contribution is -2.15. The summed E-state index contributed by atoms with van der Waals surface area (Å²) in [5.74, 6) is 1.38. The van der Waals surface area contributed by atoms with Crippen LogP contribution >= 0.6 is 0 Å². The van der Waals surface area contributed by atoms with Gasteiger partial charge in [-0.25, -0.2) is 0 Å². The third-order valence-corrected chi connectivity index (χ3v) is 2.55. The highest BCUT2D eigenvalue weighted by Crippen LogP contribution is 2.35. The van der Waals surface area contributed by atoms with Crippen molar-refractivity contribution in [3.05, 3.63) is 30.0 Å².